The Morgan fingerprint density at radius 1 is 0.347 bits per heavy atom. The zero-order chi connectivity index (χ0) is 32.3. The molecule has 49 heavy (non-hydrogen) atoms. The molecular formula is C47H30N2. The quantitative estimate of drug-likeness (QED) is 0.179. The molecule has 0 spiro atoms. The second kappa shape index (κ2) is 11.0. The fraction of sp³-hybridized carbons (Fsp3) is 0. The van der Waals surface area contributed by atoms with Gasteiger partial charge in [0, 0.05) is 16.6 Å². The highest BCUT2D eigenvalue weighted by molar-refractivity contribution is 6.22. The third-order valence-electron chi connectivity index (χ3n) is 9.93. The van der Waals surface area contributed by atoms with E-state index in [9.17, 15) is 0 Å². The first-order chi connectivity index (χ1) is 24.3. The first-order valence-electron chi connectivity index (χ1n) is 16.8. The van der Waals surface area contributed by atoms with E-state index in [1.54, 1.807) is 0 Å². The number of rotatable bonds is 4. The Bertz CT molecular complexity index is 2820. The predicted molar refractivity (Wildman–Crippen MR) is 207 cm³/mol. The minimum Gasteiger partial charge on any atom is -0.292 e. The molecule has 0 fully saturated rings. The molecule has 1 heterocycles. The lowest BCUT2D eigenvalue weighted by Crippen LogP contribution is -1.98. The average molecular weight is 623 g/mol. The van der Waals surface area contributed by atoms with Crippen LogP contribution in [-0.4, -0.2) is 9.55 Å². The van der Waals surface area contributed by atoms with Gasteiger partial charge in [0.25, 0.3) is 0 Å². The molecule has 0 radical (unpaired) electrons. The van der Waals surface area contributed by atoms with Gasteiger partial charge in [-0.15, -0.1) is 0 Å². The van der Waals surface area contributed by atoms with Crippen LogP contribution < -0.4 is 0 Å². The van der Waals surface area contributed by atoms with Crippen molar-refractivity contribution in [1.29, 1.82) is 0 Å². The maximum absolute atomic E-state index is 5.31. The molecule has 0 bridgehead atoms. The van der Waals surface area contributed by atoms with Gasteiger partial charge in [-0.1, -0.05) is 152 Å². The summed E-state index contributed by atoms with van der Waals surface area (Å²) < 4.78 is 2.33. The molecule has 9 aromatic carbocycles. The van der Waals surface area contributed by atoms with Crippen molar-refractivity contribution in [2.45, 2.75) is 0 Å². The lowest BCUT2D eigenvalue weighted by molar-refractivity contribution is 1.11. The van der Waals surface area contributed by atoms with Crippen molar-refractivity contribution in [3.05, 3.63) is 182 Å². The highest BCUT2D eigenvalue weighted by Crippen LogP contribution is 2.45. The van der Waals surface area contributed by atoms with E-state index in [2.05, 4.69) is 187 Å². The molecule has 0 aliphatic heterocycles. The summed E-state index contributed by atoms with van der Waals surface area (Å²) in [4.78, 5) is 5.31. The Kier molecular flexibility index (Phi) is 6.22. The summed E-state index contributed by atoms with van der Waals surface area (Å²) in [6.45, 7) is 0. The molecule has 0 saturated carbocycles. The third kappa shape index (κ3) is 4.38. The number of hydrogen-bond acceptors (Lipinski definition) is 1. The van der Waals surface area contributed by atoms with E-state index < -0.39 is 0 Å². The molecule has 2 nitrogen and oxygen atoms in total. The van der Waals surface area contributed by atoms with Crippen molar-refractivity contribution >= 4 is 54.1 Å². The van der Waals surface area contributed by atoms with Crippen LogP contribution in [0.3, 0.4) is 0 Å². The molecule has 2 heteroatoms. The molecule has 0 aliphatic rings. The van der Waals surface area contributed by atoms with Crippen molar-refractivity contribution in [2.75, 3.05) is 0 Å². The highest BCUT2D eigenvalue weighted by atomic mass is 15.1. The fourth-order valence-electron chi connectivity index (χ4n) is 7.77. The van der Waals surface area contributed by atoms with Gasteiger partial charge in [-0.3, -0.25) is 4.57 Å². The number of fused-ring (bicyclic) bond motifs is 6. The molecule has 0 amide bonds. The molecule has 0 atom stereocenters. The number of para-hydroxylation sites is 1. The van der Waals surface area contributed by atoms with Crippen LogP contribution in [0.25, 0.3) is 93.5 Å². The molecule has 228 valence electrons. The molecule has 10 aromatic rings. The summed E-state index contributed by atoms with van der Waals surface area (Å²) in [5.41, 5.74) is 9.20. The lowest BCUT2D eigenvalue weighted by Gasteiger charge is -2.18. The Morgan fingerprint density at radius 2 is 0.878 bits per heavy atom. The van der Waals surface area contributed by atoms with Crippen LogP contribution >= 0.6 is 0 Å². The summed E-state index contributed by atoms with van der Waals surface area (Å²) in [5.74, 6) is 0.931. The number of benzene rings is 9. The van der Waals surface area contributed by atoms with Crippen molar-refractivity contribution in [3.8, 4) is 39.3 Å². The van der Waals surface area contributed by atoms with Crippen molar-refractivity contribution in [2.24, 2.45) is 0 Å². The van der Waals surface area contributed by atoms with E-state index in [-0.39, 0.29) is 0 Å². The van der Waals surface area contributed by atoms with Gasteiger partial charge in [0.05, 0.1) is 11.0 Å². The molecular weight excluding hydrogens is 593 g/mol. The number of imidazole rings is 1. The number of hydrogen-bond donors (Lipinski definition) is 0. The van der Waals surface area contributed by atoms with Crippen LogP contribution in [0, 0.1) is 0 Å². The van der Waals surface area contributed by atoms with E-state index >= 15 is 0 Å². The van der Waals surface area contributed by atoms with Gasteiger partial charge >= 0.3 is 0 Å². The minimum absolute atomic E-state index is 0.931. The lowest BCUT2D eigenvalue weighted by atomic mass is 9.85. The van der Waals surface area contributed by atoms with Crippen LogP contribution in [0.1, 0.15) is 0 Å². The van der Waals surface area contributed by atoms with Crippen LogP contribution in [-0.2, 0) is 0 Å². The van der Waals surface area contributed by atoms with Crippen LogP contribution in [0.2, 0.25) is 0 Å². The Balaban J connectivity index is 1.24. The second-order valence-electron chi connectivity index (χ2n) is 12.7. The summed E-state index contributed by atoms with van der Waals surface area (Å²) in [7, 11) is 0. The zero-order valence-electron chi connectivity index (χ0n) is 26.7. The largest absolute Gasteiger partial charge is 0.292 e. The highest BCUT2D eigenvalue weighted by Gasteiger charge is 2.20. The minimum atomic E-state index is 0.931. The Labute approximate surface area is 284 Å². The number of aromatic nitrogens is 2. The van der Waals surface area contributed by atoms with Crippen LogP contribution in [0.4, 0.5) is 0 Å². The monoisotopic (exact) mass is 622 g/mol. The van der Waals surface area contributed by atoms with Gasteiger partial charge in [-0.25, -0.2) is 4.98 Å². The maximum atomic E-state index is 5.31. The first-order valence-corrected chi connectivity index (χ1v) is 16.8. The molecule has 1 aromatic heterocycles. The zero-order valence-corrected chi connectivity index (χ0v) is 26.7. The molecule has 0 saturated heterocycles. The number of nitrogens with zero attached hydrogens (tertiary/aromatic N) is 2. The average Bonchev–Trinajstić information content (AvgIpc) is 3.58. The maximum Gasteiger partial charge on any atom is 0.145 e. The Hall–Kier alpha value is -6.51. The van der Waals surface area contributed by atoms with E-state index in [0.29, 0.717) is 0 Å². The van der Waals surface area contributed by atoms with Gasteiger partial charge in [0.1, 0.15) is 5.82 Å². The predicted octanol–water partition coefficient (Wildman–Crippen LogP) is 12.6. The van der Waals surface area contributed by atoms with Crippen LogP contribution in [0.15, 0.2) is 182 Å². The van der Waals surface area contributed by atoms with Gasteiger partial charge < -0.3 is 0 Å². The van der Waals surface area contributed by atoms with Gasteiger partial charge in [0.2, 0.25) is 0 Å². The smallest absolute Gasteiger partial charge is 0.145 e. The van der Waals surface area contributed by atoms with Gasteiger partial charge in [-0.05, 0) is 90.3 Å². The van der Waals surface area contributed by atoms with E-state index in [4.69, 9.17) is 4.98 Å². The van der Waals surface area contributed by atoms with Crippen molar-refractivity contribution in [3.63, 3.8) is 0 Å². The van der Waals surface area contributed by atoms with Crippen molar-refractivity contribution < 1.29 is 0 Å². The molecule has 0 unspecified atom stereocenters. The van der Waals surface area contributed by atoms with Gasteiger partial charge in [-0.2, -0.15) is 0 Å². The van der Waals surface area contributed by atoms with Crippen molar-refractivity contribution in [1.82, 2.24) is 9.55 Å². The van der Waals surface area contributed by atoms with Crippen LogP contribution in [0.5, 0.6) is 0 Å². The SMILES string of the molecule is c1ccc(-n2c(-c3cccc(-c4c5ccccc5c(-c5ccc6ccccc6c5)c5ccccc45)c3)nc3ccc4ccccc4c32)cc1. The summed E-state index contributed by atoms with van der Waals surface area (Å²) in [6, 6.07) is 65.7. The molecule has 0 N–H and O–H groups in total. The fourth-order valence-corrected chi connectivity index (χ4v) is 7.77. The molecule has 10 rings (SSSR count). The third-order valence-corrected chi connectivity index (χ3v) is 9.93. The Morgan fingerprint density at radius 3 is 1.57 bits per heavy atom. The second-order valence-corrected chi connectivity index (χ2v) is 12.7. The summed E-state index contributed by atoms with van der Waals surface area (Å²) in [6.07, 6.45) is 0. The van der Waals surface area contributed by atoms with E-state index in [1.807, 2.05) is 0 Å². The normalized spacial score (nSPS) is 11.7. The van der Waals surface area contributed by atoms with E-state index in [0.717, 1.165) is 28.1 Å². The topological polar surface area (TPSA) is 17.8 Å². The summed E-state index contributed by atoms with van der Waals surface area (Å²) >= 11 is 0. The molecule has 0 aliphatic carbocycles. The first kappa shape index (κ1) is 27.6. The standard InChI is InChI=1S/C47H30N2/c1-2-18-37(19-3-1)49-46-38-20-7-6-14-32(38)27-28-43(46)48-47(49)36-17-12-16-34(30-36)44-39-21-8-10-23-41(39)45(42-24-11-9-22-40(42)44)35-26-25-31-13-4-5-15-33(31)29-35/h1-30H. The summed E-state index contributed by atoms with van der Waals surface area (Å²) in [5, 5.41) is 9.88. The van der Waals surface area contributed by atoms with Gasteiger partial charge in [0.15, 0.2) is 0 Å². The van der Waals surface area contributed by atoms with E-state index in [1.165, 1.54) is 65.3 Å².